The SMILES string of the molecule is O=C(C1CCN(c2cccc3c2C(=O)N(C[C@H]2CCCO2)C3=O)CC1)N1CCN(c2cccc(C(F)(F)F)c2)CC1. The monoisotopic (exact) mass is 570 g/mol. The molecule has 0 unspecified atom stereocenters. The number of hydrogen-bond acceptors (Lipinski definition) is 6. The highest BCUT2D eigenvalue weighted by atomic mass is 19.4. The maximum atomic E-state index is 13.3. The predicted molar refractivity (Wildman–Crippen MR) is 146 cm³/mol. The van der Waals surface area contributed by atoms with Crippen LogP contribution in [0.4, 0.5) is 24.5 Å². The first-order chi connectivity index (χ1) is 19.7. The van der Waals surface area contributed by atoms with Crippen molar-refractivity contribution < 1.29 is 32.3 Å². The Morgan fingerprint density at radius 1 is 0.878 bits per heavy atom. The van der Waals surface area contributed by atoms with E-state index in [0.29, 0.717) is 75.5 Å². The number of rotatable bonds is 5. The van der Waals surface area contributed by atoms with Crippen molar-refractivity contribution in [3.05, 3.63) is 59.2 Å². The number of hydrogen-bond donors (Lipinski definition) is 0. The Morgan fingerprint density at radius 2 is 1.61 bits per heavy atom. The number of fused-ring (bicyclic) bond motifs is 1. The Bertz CT molecular complexity index is 1330. The van der Waals surface area contributed by atoms with Crippen LogP contribution in [-0.2, 0) is 15.7 Å². The van der Waals surface area contributed by atoms with E-state index >= 15 is 0 Å². The van der Waals surface area contributed by atoms with Crippen LogP contribution < -0.4 is 9.80 Å². The zero-order valence-corrected chi connectivity index (χ0v) is 22.7. The highest BCUT2D eigenvalue weighted by molar-refractivity contribution is 6.23. The number of nitrogens with zero attached hydrogens (tertiary/aromatic N) is 4. The van der Waals surface area contributed by atoms with E-state index in [4.69, 9.17) is 4.74 Å². The molecule has 0 aliphatic carbocycles. The molecule has 4 aliphatic rings. The number of anilines is 2. The molecule has 11 heteroatoms. The van der Waals surface area contributed by atoms with E-state index in [1.165, 1.54) is 11.0 Å². The van der Waals surface area contributed by atoms with Gasteiger partial charge >= 0.3 is 6.18 Å². The Balaban J connectivity index is 1.05. The van der Waals surface area contributed by atoms with Gasteiger partial charge in [-0.2, -0.15) is 13.2 Å². The number of benzene rings is 2. The van der Waals surface area contributed by atoms with Gasteiger partial charge in [-0.3, -0.25) is 19.3 Å². The van der Waals surface area contributed by atoms with Crippen molar-refractivity contribution in [1.29, 1.82) is 0 Å². The van der Waals surface area contributed by atoms with Gasteiger partial charge in [0.15, 0.2) is 0 Å². The minimum atomic E-state index is -4.39. The summed E-state index contributed by atoms with van der Waals surface area (Å²) in [5.41, 5.74) is 1.42. The first-order valence-electron chi connectivity index (χ1n) is 14.3. The number of carbonyl (C=O) groups is 3. The van der Waals surface area contributed by atoms with Crippen LogP contribution in [0.25, 0.3) is 0 Å². The van der Waals surface area contributed by atoms with E-state index in [2.05, 4.69) is 4.90 Å². The van der Waals surface area contributed by atoms with Crippen LogP contribution in [0.3, 0.4) is 0 Å². The van der Waals surface area contributed by atoms with E-state index in [-0.39, 0.29) is 36.3 Å². The Kier molecular flexibility index (Phi) is 7.39. The number of halogens is 3. The summed E-state index contributed by atoms with van der Waals surface area (Å²) in [7, 11) is 0. The van der Waals surface area contributed by atoms with Gasteiger partial charge in [-0.25, -0.2) is 0 Å². The Morgan fingerprint density at radius 3 is 2.29 bits per heavy atom. The van der Waals surface area contributed by atoms with Gasteiger partial charge in [-0.15, -0.1) is 0 Å². The summed E-state index contributed by atoms with van der Waals surface area (Å²) < 4.78 is 45.0. The summed E-state index contributed by atoms with van der Waals surface area (Å²) in [4.78, 5) is 46.8. The number of imide groups is 1. The second kappa shape index (κ2) is 11.0. The Hall–Kier alpha value is -3.60. The largest absolute Gasteiger partial charge is 0.416 e. The lowest BCUT2D eigenvalue weighted by Crippen LogP contribution is -2.51. The summed E-state index contributed by atoms with van der Waals surface area (Å²) in [5.74, 6) is -0.651. The highest BCUT2D eigenvalue weighted by Crippen LogP contribution is 2.35. The van der Waals surface area contributed by atoms with Gasteiger partial charge in [-0.1, -0.05) is 12.1 Å². The van der Waals surface area contributed by atoms with Crippen LogP contribution in [0.2, 0.25) is 0 Å². The van der Waals surface area contributed by atoms with Crippen LogP contribution in [0.1, 0.15) is 52.0 Å². The van der Waals surface area contributed by atoms with Gasteiger partial charge in [0.1, 0.15) is 0 Å². The molecule has 4 heterocycles. The highest BCUT2D eigenvalue weighted by Gasteiger charge is 2.41. The lowest BCUT2D eigenvalue weighted by atomic mass is 9.93. The average Bonchev–Trinajstić information content (AvgIpc) is 3.59. The van der Waals surface area contributed by atoms with Gasteiger partial charge in [0.25, 0.3) is 11.8 Å². The standard InChI is InChI=1S/C30H33F3N4O4/c31-30(32,33)21-4-1-5-22(18-21)34-13-15-36(16-14-34)27(38)20-9-11-35(12-10-20)25-8-2-7-24-26(25)29(40)37(28(24)39)19-23-6-3-17-41-23/h1-2,4-5,7-8,18,20,23H,3,6,9-17,19H2/t23-/m1/s1. The zero-order chi connectivity index (χ0) is 28.7. The molecule has 0 aromatic heterocycles. The topological polar surface area (TPSA) is 73.4 Å². The van der Waals surface area contributed by atoms with Crippen molar-refractivity contribution in [3.63, 3.8) is 0 Å². The van der Waals surface area contributed by atoms with Crippen molar-refractivity contribution in [3.8, 4) is 0 Å². The molecule has 218 valence electrons. The van der Waals surface area contributed by atoms with Crippen LogP contribution in [-0.4, -0.2) is 86.0 Å². The molecular formula is C30H33F3N4O4. The summed E-state index contributed by atoms with van der Waals surface area (Å²) in [6.07, 6.45) is -1.50. The molecule has 0 spiro atoms. The van der Waals surface area contributed by atoms with E-state index in [1.54, 1.807) is 18.2 Å². The number of piperazine rings is 1. The molecule has 0 bridgehead atoms. The van der Waals surface area contributed by atoms with Crippen LogP contribution >= 0.6 is 0 Å². The number of alkyl halides is 3. The normalized spacial score (nSPS) is 22.1. The van der Waals surface area contributed by atoms with Crippen LogP contribution in [0.15, 0.2) is 42.5 Å². The summed E-state index contributed by atoms with van der Waals surface area (Å²) in [5, 5.41) is 0. The Labute approximate surface area is 236 Å². The summed E-state index contributed by atoms with van der Waals surface area (Å²) in [6.45, 7) is 3.95. The van der Waals surface area contributed by atoms with E-state index in [1.807, 2.05) is 15.9 Å². The molecule has 4 aliphatic heterocycles. The van der Waals surface area contributed by atoms with Gasteiger partial charge < -0.3 is 19.4 Å². The fraction of sp³-hybridized carbons (Fsp3) is 0.500. The molecule has 2 aromatic rings. The van der Waals surface area contributed by atoms with Crippen molar-refractivity contribution in [2.75, 3.05) is 62.2 Å². The molecule has 2 aromatic carbocycles. The van der Waals surface area contributed by atoms with Crippen molar-refractivity contribution >= 4 is 29.1 Å². The molecule has 0 saturated carbocycles. The van der Waals surface area contributed by atoms with Gasteiger partial charge in [-0.05, 0) is 56.0 Å². The molecule has 6 rings (SSSR count). The van der Waals surface area contributed by atoms with Gasteiger partial charge in [0.05, 0.1) is 35.0 Å². The van der Waals surface area contributed by atoms with Crippen molar-refractivity contribution in [1.82, 2.24) is 9.80 Å². The fourth-order valence-electron chi connectivity index (χ4n) is 6.43. The van der Waals surface area contributed by atoms with Crippen molar-refractivity contribution in [2.24, 2.45) is 5.92 Å². The fourth-order valence-corrected chi connectivity index (χ4v) is 6.43. The first-order valence-corrected chi connectivity index (χ1v) is 14.3. The van der Waals surface area contributed by atoms with Crippen LogP contribution in [0, 0.1) is 5.92 Å². The minimum Gasteiger partial charge on any atom is -0.376 e. The van der Waals surface area contributed by atoms with Crippen LogP contribution in [0.5, 0.6) is 0 Å². The summed E-state index contributed by atoms with van der Waals surface area (Å²) >= 11 is 0. The third-order valence-corrected chi connectivity index (χ3v) is 8.70. The number of piperidine rings is 1. The van der Waals surface area contributed by atoms with Crippen molar-refractivity contribution in [2.45, 2.75) is 38.0 Å². The van der Waals surface area contributed by atoms with Gasteiger partial charge in [0, 0.05) is 57.5 Å². The minimum absolute atomic E-state index is 0.0700. The molecule has 8 nitrogen and oxygen atoms in total. The first kappa shape index (κ1) is 27.6. The average molecular weight is 571 g/mol. The second-order valence-electron chi connectivity index (χ2n) is 11.2. The number of ether oxygens (including phenoxy) is 1. The second-order valence-corrected chi connectivity index (χ2v) is 11.2. The summed E-state index contributed by atoms with van der Waals surface area (Å²) in [6, 6.07) is 10.7. The molecule has 3 amide bonds. The maximum absolute atomic E-state index is 13.3. The molecule has 3 saturated heterocycles. The molecule has 3 fully saturated rings. The molecule has 41 heavy (non-hydrogen) atoms. The lowest BCUT2D eigenvalue weighted by molar-refractivity contribution is -0.137. The maximum Gasteiger partial charge on any atom is 0.416 e. The van der Waals surface area contributed by atoms with E-state index in [9.17, 15) is 27.6 Å². The van der Waals surface area contributed by atoms with E-state index in [0.717, 1.165) is 30.7 Å². The number of amides is 3. The molecule has 1 atom stereocenters. The third kappa shape index (κ3) is 5.39. The quantitative estimate of drug-likeness (QED) is 0.506. The molecular weight excluding hydrogens is 537 g/mol. The van der Waals surface area contributed by atoms with E-state index < -0.39 is 11.7 Å². The zero-order valence-electron chi connectivity index (χ0n) is 22.7. The van der Waals surface area contributed by atoms with Gasteiger partial charge in [0.2, 0.25) is 5.91 Å². The lowest BCUT2D eigenvalue weighted by Gasteiger charge is -2.40. The number of carbonyl (C=O) groups excluding carboxylic acids is 3. The third-order valence-electron chi connectivity index (χ3n) is 8.70. The molecule has 0 N–H and O–H groups in total. The smallest absolute Gasteiger partial charge is 0.376 e. The molecule has 0 radical (unpaired) electrons. The predicted octanol–water partition coefficient (Wildman–Crippen LogP) is 4.05.